The molecule has 0 spiro atoms. The van der Waals surface area contributed by atoms with Gasteiger partial charge in [0.05, 0.1) is 16.6 Å². The second-order valence-corrected chi connectivity index (χ2v) is 5.44. The number of anilines is 1. The van der Waals surface area contributed by atoms with E-state index in [0.717, 1.165) is 12.1 Å². The molecule has 2 aromatic carbocycles. The molecule has 4 rings (SSSR count). The predicted octanol–water partition coefficient (Wildman–Crippen LogP) is 3.95. The summed E-state index contributed by atoms with van der Waals surface area (Å²) in [6.45, 7) is 0. The molecule has 0 aliphatic carbocycles. The topological polar surface area (TPSA) is 90.7 Å². The van der Waals surface area contributed by atoms with Crippen molar-refractivity contribution in [1.29, 1.82) is 0 Å². The number of fused-ring (bicyclic) bond motifs is 1. The number of halogens is 3. The van der Waals surface area contributed by atoms with Gasteiger partial charge in [-0.2, -0.15) is 13.2 Å². The van der Waals surface area contributed by atoms with Crippen molar-refractivity contribution in [2.24, 2.45) is 0 Å². The molecule has 0 atom stereocenters. The fraction of sp³-hybridized carbons (Fsp3) is 0.0588. The second-order valence-electron chi connectivity index (χ2n) is 5.44. The van der Waals surface area contributed by atoms with Crippen molar-refractivity contribution < 1.29 is 17.6 Å². The summed E-state index contributed by atoms with van der Waals surface area (Å²) in [6, 6.07) is 11.7. The van der Waals surface area contributed by atoms with E-state index in [9.17, 15) is 13.2 Å². The number of hydrogen-bond acceptors (Lipinski definition) is 6. The van der Waals surface area contributed by atoms with E-state index in [-0.39, 0.29) is 28.9 Å². The Balaban J connectivity index is 1.76. The molecule has 0 bridgehead atoms. The van der Waals surface area contributed by atoms with Crippen molar-refractivity contribution in [2.45, 2.75) is 6.18 Å². The smallest absolute Gasteiger partial charge is 0.414 e. The molecule has 9 heteroatoms. The van der Waals surface area contributed by atoms with Crippen LogP contribution in [0, 0.1) is 0 Å². The number of benzene rings is 2. The van der Waals surface area contributed by atoms with E-state index in [4.69, 9.17) is 10.2 Å². The molecule has 0 aliphatic heterocycles. The van der Waals surface area contributed by atoms with Gasteiger partial charge in [0, 0.05) is 5.56 Å². The molecule has 6 nitrogen and oxygen atoms in total. The van der Waals surface area contributed by atoms with Crippen LogP contribution in [0.4, 0.5) is 19.0 Å². The van der Waals surface area contributed by atoms with Gasteiger partial charge in [-0.25, -0.2) is 9.97 Å². The summed E-state index contributed by atoms with van der Waals surface area (Å²) in [5.74, 6) is -0.00318. The Labute approximate surface area is 144 Å². The lowest BCUT2D eigenvalue weighted by atomic mass is 10.1. The van der Waals surface area contributed by atoms with Gasteiger partial charge in [0.25, 0.3) is 5.89 Å². The minimum Gasteiger partial charge on any atom is -0.414 e. The van der Waals surface area contributed by atoms with Gasteiger partial charge < -0.3 is 10.2 Å². The van der Waals surface area contributed by atoms with E-state index in [1.807, 2.05) is 0 Å². The third-order valence-electron chi connectivity index (χ3n) is 3.66. The largest absolute Gasteiger partial charge is 0.416 e. The third kappa shape index (κ3) is 2.83. The van der Waals surface area contributed by atoms with Crippen molar-refractivity contribution in [1.82, 2.24) is 20.2 Å². The highest BCUT2D eigenvalue weighted by Crippen LogP contribution is 2.33. The van der Waals surface area contributed by atoms with Gasteiger partial charge in [0.2, 0.25) is 5.89 Å². The summed E-state index contributed by atoms with van der Waals surface area (Å²) in [5.41, 5.74) is 6.59. The Morgan fingerprint density at radius 3 is 2.27 bits per heavy atom. The van der Waals surface area contributed by atoms with Crippen LogP contribution in [0.15, 0.2) is 52.9 Å². The quantitative estimate of drug-likeness (QED) is 0.584. The maximum atomic E-state index is 12.9. The summed E-state index contributed by atoms with van der Waals surface area (Å²) in [4.78, 5) is 8.56. The van der Waals surface area contributed by atoms with Crippen molar-refractivity contribution in [2.75, 3.05) is 5.73 Å². The van der Waals surface area contributed by atoms with E-state index in [1.54, 1.807) is 24.3 Å². The molecular formula is C17H10F3N5O. The van der Waals surface area contributed by atoms with Crippen molar-refractivity contribution in [3.05, 3.63) is 54.1 Å². The normalized spacial score (nSPS) is 11.8. The second kappa shape index (κ2) is 5.80. The third-order valence-corrected chi connectivity index (χ3v) is 3.66. The minimum absolute atomic E-state index is 0.0202. The van der Waals surface area contributed by atoms with Crippen LogP contribution >= 0.6 is 0 Å². The SMILES string of the molecule is Nc1nc2ccccc2nc1-c1nnc(-c2cccc(C(F)(F)F)c2)o1. The monoisotopic (exact) mass is 357 g/mol. The molecule has 26 heavy (non-hydrogen) atoms. The van der Waals surface area contributed by atoms with Crippen molar-refractivity contribution in [3.8, 4) is 23.0 Å². The lowest BCUT2D eigenvalue weighted by Crippen LogP contribution is -2.04. The highest BCUT2D eigenvalue weighted by molar-refractivity contribution is 5.80. The Morgan fingerprint density at radius 2 is 1.54 bits per heavy atom. The predicted molar refractivity (Wildman–Crippen MR) is 87.7 cm³/mol. The number of nitrogens with zero attached hydrogens (tertiary/aromatic N) is 4. The molecule has 2 aromatic heterocycles. The average molecular weight is 357 g/mol. The molecule has 130 valence electrons. The first-order chi connectivity index (χ1) is 12.4. The van der Waals surface area contributed by atoms with Crippen LogP contribution in [-0.2, 0) is 6.18 Å². The Kier molecular flexibility index (Phi) is 3.57. The number of alkyl halides is 3. The minimum atomic E-state index is -4.47. The lowest BCUT2D eigenvalue weighted by molar-refractivity contribution is -0.137. The van der Waals surface area contributed by atoms with Crippen LogP contribution < -0.4 is 5.73 Å². The zero-order chi connectivity index (χ0) is 18.3. The van der Waals surface area contributed by atoms with Gasteiger partial charge in [-0.15, -0.1) is 10.2 Å². The number of nitrogen functional groups attached to an aromatic ring is 1. The van der Waals surface area contributed by atoms with Crippen LogP contribution in [0.1, 0.15) is 5.56 Å². The van der Waals surface area contributed by atoms with Gasteiger partial charge in [-0.1, -0.05) is 18.2 Å². The molecule has 2 N–H and O–H groups in total. The molecule has 2 heterocycles. The Hall–Kier alpha value is -3.49. The average Bonchev–Trinajstić information content (AvgIpc) is 3.10. The van der Waals surface area contributed by atoms with Crippen LogP contribution in [0.5, 0.6) is 0 Å². The molecule has 0 aliphatic rings. The maximum Gasteiger partial charge on any atom is 0.416 e. The summed E-state index contributed by atoms with van der Waals surface area (Å²) < 4.78 is 44.0. The lowest BCUT2D eigenvalue weighted by Gasteiger charge is -2.06. The molecule has 0 fully saturated rings. The molecule has 0 unspecified atom stereocenters. The number of rotatable bonds is 2. The fourth-order valence-electron chi connectivity index (χ4n) is 2.44. The van der Waals surface area contributed by atoms with E-state index in [0.29, 0.717) is 11.0 Å². The van der Waals surface area contributed by atoms with E-state index in [1.165, 1.54) is 12.1 Å². The summed E-state index contributed by atoms with van der Waals surface area (Å²) in [6.07, 6.45) is -4.47. The maximum absolute atomic E-state index is 12.9. The van der Waals surface area contributed by atoms with Crippen LogP contribution in [0.25, 0.3) is 34.1 Å². The number of para-hydroxylation sites is 2. The molecule has 4 aromatic rings. The summed E-state index contributed by atoms with van der Waals surface area (Å²) in [5, 5.41) is 7.64. The highest BCUT2D eigenvalue weighted by atomic mass is 19.4. The number of hydrogen-bond donors (Lipinski definition) is 1. The Morgan fingerprint density at radius 1 is 0.846 bits per heavy atom. The first-order valence-electron chi connectivity index (χ1n) is 7.45. The zero-order valence-corrected chi connectivity index (χ0v) is 13.0. The summed E-state index contributed by atoms with van der Waals surface area (Å²) >= 11 is 0. The first-order valence-corrected chi connectivity index (χ1v) is 7.45. The molecule has 0 amide bonds. The van der Waals surface area contributed by atoms with Crippen LogP contribution in [0.2, 0.25) is 0 Å². The van der Waals surface area contributed by atoms with Crippen molar-refractivity contribution >= 4 is 16.9 Å². The fourth-order valence-corrected chi connectivity index (χ4v) is 2.44. The number of nitrogens with two attached hydrogens (primary N) is 1. The number of aromatic nitrogens is 4. The van der Waals surface area contributed by atoms with Crippen LogP contribution in [0.3, 0.4) is 0 Å². The van der Waals surface area contributed by atoms with E-state index < -0.39 is 11.7 Å². The molecule has 0 saturated heterocycles. The standard InChI is InChI=1S/C17H10F3N5O/c18-17(19,20)10-5-3-4-9(8-10)15-24-25-16(26-15)13-14(21)23-12-7-2-1-6-11(12)22-13/h1-8H,(H2,21,23). The van der Waals surface area contributed by atoms with Gasteiger partial charge >= 0.3 is 6.18 Å². The summed E-state index contributed by atoms with van der Waals surface area (Å²) in [7, 11) is 0. The first kappa shape index (κ1) is 16.0. The zero-order valence-electron chi connectivity index (χ0n) is 13.0. The van der Waals surface area contributed by atoms with Crippen molar-refractivity contribution in [3.63, 3.8) is 0 Å². The molecule has 0 saturated carbocycles. The van der Waals surface area contributed by atoms with E-state index >= 15 is 0 Å². The van der Waals surface area contributed by atoms with Crippen LogP contribution in [-0.4, -0.2) is 20.2 Å². The van der Waals surface area contributed by atoms with Gasteiger partial charge in [0.1, 0.15) is 0 Å². The molecular weight excluding hydrogens is 347 g/mol. The highest BCUT2D eigenvalue weighted by Gasteiger charge is 2.31. The van der Waals surface area contributed by atoms with Gasteiger partial charge in [0.15, 0.2) is 11.5 Å². The van der Waals surface area contributed by atoms with Gasteiger partial charge in [-0.05, 0) is 30.3 Å². The molecule has 0 radical (unpaired) electrons. The Bertz CT molecular complexity index is 1110. The van der Waals surface area contributed by atoms with E-state index in [2.05, 4.69) is 20.2 Å². The van der Waals surface area contributed by atoms with Gasteiger partial charge in [-0.3, -0.25) is 0 Å².